The maximum atomic E-state index is 12.6. The zero-order valence-electron chi connectivity index (χ0n) is 13.6. The van der Waals surface area contributed by atoms with Crippen molar-refractivity contribution in [2.24, 2.45) is 16.7 Å². The standard InChI is InChI=1S/C16H20N2O5S/c1-15(2)11-6-7-16(15,14(19)8-11)10-24(22,23)17-12-4-3-5-13(9-12)18(20)21/h3-5,9,11,17H,6-8,10H2,1-2H3/t11-,16-/m1/s1. The number of rotatable bonds is 5. The van der Waals surface area contributed by atoms with Crippen molar-refractivity contribution in [3.8, 4) is 0 Å². The van der Waals surface area contributed by atoms with Crippen LogP contribution in [0.1, 0.15) is 33.1 Å². The first kappa shape index (κ1) is 16.9. The summed E-state index contributed by atoms with van der Waals surface area (Å²) in [5.41, 5.74) is -1.25. The topological polar surface area (TPSA) is 106 Å². The Morgan fingerprint density at radius 3 is 2.62 bits per heavy atom. The highest BCUT2D eigenvalue weighted by atomic mass is 32.2. The molecule has 0 amide bonds. The van der Waals surface area contributed by atoms with E-state index in [9.17, 15) is 23.3 Å². The van der Waals surface area contributed by atoms with Crippen molar-refractivity contribution < 1.29 is 18.1 Å². The lowest BCUT2D eigenvalue weighted by Crippen LogP contribution is -2.43. The number of nitrogens with zero attached hydrogens (tertiary/aromatic N) is 1. The maximum Gasteiger partial charge on any atom is 0.271 e. The Hall–Kier alpha value is -1.96. The Morgan fingerprint density at radius 1 is 1.38 bits per heavy atom. The maximum absolute atomic E-state index is 12.6. The van der Waals surface area contributed by atoms with Crippen molar-refractivity contribution in [2.75, 3.05) is 10.5 Å². The molecule has 0 aliphatic heterocycles. The number of nitro groups is 1. The van der Waals surface area contributed by atoms with Crippen LogP contribution in [0, 0.1) is 26.9 Å². The van der Waals surface area contributed by atoms with E-state index in [0.29, 0.717) is 12.8 Å². The summed E-state index contributed by atoms with van der Waals surface area (Å²) in [6.07, 6.45) is 1.89. The van der Waals surface area contributed by atoms with Gasteiger partial charge < -0.3 is 0 Å². The van der Waals surface area contributed by atoms with Crippen LogP contribution in [-0.4, -0.2) is 24.9 Å². The number of fused-ring (bicyclic) bond motifs is 2. The zero-order chi connectivity index (χ0) is 17.8. The number of non-ortho nitro benzene ring substituents is 1. The summed E-state index contributed by atoms with van der Waals surface area (Å²) >= 11 is 0. The third-order valence-corrected chi connectivity index (χ3v) is 7.33. The van der Waals surface area contributed by atoms with E-state index < -0.39 is 20.4 Å². The van der Waals surface area contributed by atoms with Gasteiger partial charge in [-0.05, 0) is 30.2 Å². The van der Waals surface area contributed by atoms with Gasteiger partial charge in [-0.3, -0.25) is 19.6 Å². The molecule has 0 spiro atoms. The molecule has 2 fully saturated rings. The first-order chi connectivity index (χ1) is 11.1. The molecule has 24 heavy (non-hydrogen) atoms. The van der Waals surface area contributed by atoms with E-state index in [0.717, 1.165) is 6.42 Å². The summed E-state index contributed by atoms with van der Waals surface area (Å²) in [5, 5.41) is 10.8. The van der Waals surface area contributed by atoms with Crippen molar-refractivity contribution in [3.63, 3.8) is 0 Å². The third kappa shape index (κ3) is 2.49. The summed E-state index contributed by atoms with van der Waals surface area (Å²) in [5.74, 6) is -0.0171. The Bertz CT molecular complexity index is 818. The van der Waals surface area contributed by atoms with Crippen LogP contribution in [0.3, 0.4) is 0 Å². The van der Waals surface area contributed by atoms with Crippen LogP contribution < -0.4 is 4.72 Å². The molecule has 0 unspecified atom stereocenters. The lowest BCUT2D eigenvalue weighted by atomic mass is 9.70. The molecular formula is C16H20N2O5S. The van der Waals surface area contributed by atoms with E-state index in [1.54, 1.807) is 0 Å². The van der Waals surface area contributed by atoms with Crippen LogP contribution in [0.5, 0.6) is 0 Å². The molecule has 2 aliphatic carbocycles. The molecular weight excluding hydrogens is 332 g/mol. The SMILES string of the molecule is CC1(C)[C@@H]2CC[C@@]1(CS(=O)(=O)Nc1cccc([N+](=O)[O-])c1)C(=O)C2. The van der Waals surface area contributed by atoms with Gasteiger partial charge in [-0.2, -0.15) is 0 Å². The molecule has 2 bridgehead atoms. The van der Waals surface area contributed by atoms with Crippen molar-refractivity contribution in [1.29, 1.82) is 0 Å². The van der Waals surface area contributed by atoms with Crippen LogP contribution in [0.4, 0.5) is 11.4 Å². The monoisotopic (exact) mass is 352 g/mol. The van der Waals surface area contributed by atoms with Gasteiger partial charge in [0.25, 0.3) is 5.69 Å². The Kier molecular flexibility index (Phi) is 3.71. The molecule has 0 saturated heterocycles. The molecule has 1 aromatic rings. The molecule has 7 nitrogen and oxygen atoms in total. The second kappa shape index (κ2) is 5.27. The number of carbonyl (C=O) groups is 1. The summed E-state index contributed by atoms with van der Waals surface area (Å²) in [7, 11) is -3.80. The van der Waals surface area contributed by atoms with Crippen LogP contribution in [-0.2, 0) is 14.8 Å². The van der Waals surface area contributed by atoms with Crippen LogP contribution in [0.2, 0.25) is 0 Å². The average Bonchev–Trinajstić information content (AvgIpc) is 2.80. The second-order valence-electron chi connectivity index (χ2n) is 7.34. The molecule has 130 valence electrons. The number of carbonyl (C=O) groups excluding carboxylic acids is 1. The number of hydrogen-bond acceptors (Lipinski definition) is 5. The molecule has 0 aromatic heterocycles. The molecule has 2 atom stereocenters. The van der Waals surface area contributed by atoms with Gasteiger partial charge in [0.2, 0.25) is 10.0 Å². The van der Waals surface area contributed by atoms with Crippen LogP contribution in [0.25, 0.3) is 0 Å². The van der Waals surface area contributed by atoms with Gasteiger partial charge in [0, 0.05) is 18.6 Å². The fraction of sp³-hybridized carbons (Fsp3) is 0.562. The molecule has 2 saturated carbocycles. The third-order valence-electron chi connectivity index (χ3n) is 5.91. The number of Topliss-reactive ketones (excluding diaryl/α,β-unsaturated/α-hetero) is 1. The van der Waals surface area contributed by atoms with Crippen molar-refractivity contribution in [1.82, 2.24) is 0 Å². The second-order valence-corrected chi connectivity index (χ2v) is 9.06. The number of benzene rings is 1. The minimum Gasteiger partial charge on any atom is -0.299 e. The van der Waals surface area contributed by atoms with E-state index in [1.807, 2.05) is 13.8 Å². The largest absolute Gasteiger partial charge is 0.299 e. The van der Waals surface area contributed by atoms with Gasteiger partial charge in [0.1, 0.15) is 5.78 Å². The van der Waals surface area contributed by atoms with E-state index >= 15 is 0 Å². The van der Waals surface area contributed by atoms with Crippen molar-refractivity contribution >= 4 is 27.2 Å². The fourth-order valence-corrected chi connectivity index (χ4v) is 6.22. The van der Waals surface area contributed by atoms with E-state index in [-0.39, 0.29) is 34.2 Å². The van der Waals surface area contributed by atoms with Gasteiger partial charge in [0.15, 0.2) is 0 Å². The number of sulfonamides is 1. The first-order valence-corrected chi connectivity index (χ1v) is 9.51. The Morgan fingerprint density at radius 2 is 2.08 bits per heavy atom. The summed E-state index contributed by atoms with van der Waals surface area (Å²) in [6.45, 7) is 3.94. The number of nitrogens with one attached hydrogen (secondary N) is 1. The quantitative estimate of drug-likeness (QED) is 0.648. The Labute approximate surface area is 140 Å². The highest BCUT2D eigenvalue weighted by molar-refractivity contribution is 7.92. The number of anilines is 1. The summed E-state index contributed by atoms with van der Waals surface area (Å²) in [6, 6.07) is 5.35. The number of hydrogen-bond donors (Lipinski definition) is 1. The molecule has 3 rings (SSSR count). The predicted octanol–water partition coefficient (Wildman–Crippen LogP) is 2.73. The molecule has 0 radical (unpaired) electrons. The van der Waals surface area contributed by atoms with Gasteiger partial charge in [0.05, 0.1) is 21.8 Å². The molecule has 0 heterocycles. The highest BCUT2D eigenvalue weighted by Gasteiger charge is 2.65. The number of nitro benzene ring substituents is 1. The normalized spacial score (nSPS) is 28.1. The van der Waals surface area contributed by atoms with E-state index in [4.69, 9.17) is 0 Å². The van der Waals surface area contributed by atoms with Gasteiger partial charge in [-0.15, -0.1) is 0 Å². The molecule has 2 aliphatic rings. The minimum atomic E-state index is -3.80. The van der Waals surface area contributed by atoms with Crippen LogP contribution in [0.15, 0.2) is 24.3 Å². The molecule has 8 heteroatoms. The summed E-state index contributed by atoms with van der Waals surface area (Å²) in [4.78, 5) is 22.7. The fourth-order valence-electron chi connectivity index (χ4n) is 4.33. The van der Waals surface area contributed by atoms with Crippen LogP contribution >= 0.6 is 0 Å². The lowest BCUT2D eigenvalue weighted by molar-refractivity contribution is -0.384. The van der Waals surface area contributed by atoms with E-state index in [1.165, 1.54) is 24.3 Å². The first-order valence-electron chi connectivity index (χ1n) is 7.86. The smallest absolute Gasteiger partial charge is 0.271 e. The van der Waals surface area contributed by atoms with E-state index in [2.05, 4.69) is 4.72 Å². The highest BCUT2D eigenvalue weighted by Crippen LogP contribution is 2.64. The molecule has 1 N–H and O–H groups in total. The average molecular weight is 352 g/mol. The van der Waals surface area contributed by atoms with Gasteiger partial charge in [-0.1, -0.05) is 19.9 Å². The summed E-state index contributed by atoms with van der Waals surface area (Å²) < 4.78 is 27.6. The zero-order valence-corrected chi connectivity index (χ0v) is 14.4. The minimum absolute atomic E-state index is 0.0215. The number of ketones is 1. The lowest BCUT2D eigenvalue weighted by Gasteiger charge is -2.36. The van der Waals surface area contributed by atoms with Crippen molar-refractivity contribution in [3.05, 3.63) is 34.4 Å². The van der Waals surface area contributed by atoms with Gasteiger partial charge >= 0.3 is 0 Å². The Balaban J connectivity index is 1.86. The molecule has 1 aromatic carbocycles. The van der Waals surface area contributed by atoms with Gasteiger partial charge in [-0.25, -0.2) is 8.42 Å². The van der Waals surface area contributed by atoms with Crippen molar-refractivity contribution in [2.45, 2.75) is 33.1 Å². The predicted molar refractivity (Wildman–Crippen MR) is 89.1 cm³/mol.